The quantitative estimate of drug-likeness (QED) is 0.619. The van der Waals surface area contributed by atoms with E-state index in [0.29, 0.717) is 18.4 Å². The first-order valence-corrected chi connectivity index (χ1v) is 7.95. The van der Waals surface area contributed by atoms with Crippen LogP contribution in [0, 0.1) is 6.92 Å². The van der Waals surface area contributed by atoms with Gasteiger partial charge in [0.15, 0.2) is 0 Å². The van der Waals surface area contributed by atoms with Gasteiger partial charge in [-0.05, 0) is 36.1 Å². The number of oxazole rings is 1. The van der Waals surface area contributed by atoms with Crippen molar-refractivity contribution in [3.05, 3.63) is 58.8 Å². The van der Waals surface area contributed by atoms with Crippen LogP contribution in [0.1, 0.15) is 17.0 Å². The van der Waals surface area contributed by atoms with Gasteiger partial charge in [-0.2, -0.15) is 0 Å². The summed E-state index contributed by atoms with van der Waals surface area (Å²) in [7, 11) is 0. The van der Waals surface area contributed by atoms with E-state index in [1.807, 2.05) is 48.7 Å². The highest BCUT2D eigenvalue weighted by molar-refractivity contribution is 7.13. The summed E-state index contributed by atoms with van der Waals surface area (Å²) >= 11 is 7.37. The Bertz CT molecular complexity index is 704. The van der Waals surface area contributed by atoms with E-state index in [1.165, 1.54) is 0 Å². The molecule has 0 amide bonds. The second-order valence-corrected chi connectivity index (χ2v) is 5.78. The van der Waals surface area contributed by atoms with Gasteiger partial charge in [0.2, 0.25) is 5.89 Å². The first kappa shape index (κ1) is 14.2. The normalized spacial score (nSPS) is 10.8. The van der Waals surface area contributed by atoms with Crippen LogP contribution in [0.3, 0.4) is 0 Å². The van der Waals surface area contributed by atoms with Crippen LogP contribution >= 0.6 is 22.9 Å². The summed E-state index contributed by atoms with van der Waals surface area (Å²) in [6, 6.07) is 11.7. The molecule has 0 atom stereocenters. The Morgan fingerprint density at radius 1 is 1.24 bits per heavy atom. The first-order valence-electron chi connectivity index (χ1n) is 6.54. The molecule has 0 spiro atoms. The van der Waals surface area contributed by atoms with Gasteiger partial charge in [-0.3, -0.25) is 0 Å². The predicted octanol–water partition coefficient (Wildman–Crippen LogP) is 5.03. The van der Waals surface area contributed by atoms with Crippen molar-refractivity contribution in [1.29, 1.82) is 0 Å². The molecular formula is C16H14ClNO2S. The van der Waals surface area contributed by atoms with Gasteiger partial charge in [0.25, 0.3) is 0 Å². The molecule has 1 aromatic carbocycles. The Labute approximate surface area is 132 Å². The first-order chi connectivity index (χ1) is 10.3. The largest absolute Gasteiger partial charge is 0.487 e. The van der Waals surface area contributed by atoms with Crippen molar-refractivity contribution in [3.8, 4) is 16.5 Å². The molecule has 2 aromatic heterocycles. The van der Waals surface area contributed by atoms with Gasteiger partial charge in [0.05, 0.1) is 4.88 Å². The van der Waals surface area contributed by atoms with E-state index in [4.69, 9.17) is 20.8 Å². The smallest absolute Gasteiger partial charge is 0.236 e. The van der Waals surface area contributed by atoms with Gasteiger partial charge in [-0.15, -0.1) is 22.9 Å². The number of halogens is 1. The Morgan fingerprint density at radius 2 is 2.05 bits per heavy atom. The Kier molecular flexibility index (Phi) is 4.27. The minimum atomic E-state index is 0.390. The molecule has 3 aromatic rings. The lowest BCUT2D eigenvalue weighted by molar-refractivity contribution is 0.299. The molecule has 3 nitrogen and oxygen atoms in total. The third-order valence-corrected chi connectivity index (χ3v) is 4.24. The number of hydrogen-bond acceptors (Lipinski definition) is 4. The number of ether oxygens (including phenoxy) is 1. The number of thiophene rings is 1. The fraction of sp³-hybridized carbons (Fsp3) is 0.188. The summed E-state index contributed by atoms with van der Waals surface area (Å²) in [5.74, 6) is 2.74. The van der Waals surface area contributed by atoms with Crippen LogP contribution in [-0.4, -0.2) is 4.98 Å². The Morgan fingerprint density at radius 3 is 2.71 bits per heavy atom. The summed E-state index contributed by atoms with van der Waals surface area (Å²) in [6.45, 7) is 2.29. The lowest BCUT2D eigenvalue weighted by Gasteiger charge is -2.04. The van der Waals surface area contributed by atoms with Gasteiger partial charge in [-0.25, -0.2) is 4.98 Å². The van der Waals surface area contributed by atoms with Crippen LogP contribution in [-0.2, 0) is 12.5 Å². The zero-order chi connectivity index (χ0) is 14.7. The van der Waals surface area contributed by atoms with Gasteiger partial charge in [-0.1, -0.05) is 18.2 Å². The van der Waals surface area contributed by atoms with Crippen LogP contribution in [0.4, 0.5) is 0 Å². The molecule has 0 fully saturated rings. The third-order valence-electron chi connectivity index (χ3n) is 3.08. The maximum Gasteiger partial charge on any atom is 0.236 e. The molecule has 0 saturated carbocycles. The molecule has 3 rings (SSSR count). The zero-order valence-electron chi connectivity index (χ0n) is 11.5. The van der Waals surface area contributed by atoms with Crippen molar-refractivity contribution in [2.24, 2.45) is 0 Å². The molecule has 5 heteroatoms. The van der Waals surface area contributed by atoms with Crippen molar-refractivity contribution in [2.75, 3.05) is 0 Å². The summed E-state index contributed by atoms with van der Waals surface area (Å²) in [4.78, 5) is 5.52. The second kappa shape index (κ2) is 6.33. The molecule has 21 heavy (non-hydrogen) atoms. The molecular weight excluding hydrogens is 306 g/mol. The van der Waals surface area contributed by atoms with Crippen molar-refractivity contribution in [3.63, 3.8) is 0 Å². The number of aromatic nitrogens is 1. The maximum absolute atomic E-state index is 5.76. The highest BCUT2D eigenvalue weighted by Gasteiger charge is 2.12. The number of hydrogen-bond donors (Lipinski definition) is 0. The molecule has 0 aliphatic carbocycles. The molecule has 0 aliphatic rings. The van der Waals surface area contributed by atoms with Gasteiger partial charge >= 0.3 is 0 Å². The number of alkyl halides is 1. The summed E-state index contributed by atoms with van der Waals surface area (Å²) < 4.78 is 11.4. The minimum absolute atomic E-state index is 0.390. The molecule has 0 N–H and O–H groups in total. The minimum Gasteiger partial charge on any atom is -0.487 e. The predicted molar refractivity (Wildman–Crippen MR) is 84.9 cm³/mol. The van der Waals surface area contributed by atoms with Crippen LogP contribution < -0.4 is 4.74 Å². The fourth-order valence-corrected chi connectivity index (χ4v) is 2.72. The number of aryl methyl sites for hydroxylation is 1. The molecule has 0 unspecified atom stereocenters. The summed E-state index contributed by atoms with van der Waals surface area (Å²) in [5, 5.41) is 2.00. The fourth-order valence-electron chi connectivity index (χ4n) is 1.89. The van der Waals surface area contributed by atoms with Crippen molar-refractivity contribution in [2.45, 2.75) is 19.4 Å². The van der Waals surface area contributed by atoms with Crippen molar-refractivity contribution in [1.82, 2.24) is 4.98 Å². The molecule has 2 heterocycles. The van der Waals surface area contributed by atoms with Crippen LogP contribution in [0.5, 0.6) is 5.75 Å². The van der Waals surface area contributed by atoms with Crippen molar-refractivity contribution < 1.29 is 9.15 Å². The lowest BCUT2D eigenvalue weighted by Crippen LogP contribution is -1.97. The average molecular weight is 320 g/mol. The number of nitrogens with zero attached hydrogens (tertiary/aromatic N) is 1. The Balaban J connectivity index is 1.70. The van der Waals surface area contributed by atoms with Gasteiger partial charge in [0, 0.05) is 5.88 Å². The van der Waals surface area contributed by atoms with Crippen molar-refractivity contribution >= 4 is 22.9 Å². The zero-order valence-corrected chi connectivity index (χ0v) is 13.1. The third kappa shape index (κ3) is 3.28. The standard InChI is InChI=1S/C16H14ClNO2S/c1-11-14(18-16(20-11)15-3-2-8-21-15)10-19-13-6-4-12(9-17)5-7-13/h2-8H,9-10H2,1H3. The van der Waals surface area contributed by atoms with Crippen LogP contribution in [0.2, 0.25) is 0 Å². The second-order valence-electron chi connectivity index (χ2n) is 4.57. The van der Waals surface area contributed by atoms with E-state index in [2.05, 4.69) is 4.98 Å². The monoisotopic (exact) mass is 319 g/mol. The van der Waals surface area contributed by atoms with E-state index >= 15 is 0 Å². The lowest BCUT2D eigenvalue weighted by atomic mass is 10.2. The molecule has 0 aliphatic heterocycles. The SMILES string of the molecule is Cc1oc(-c2cccs2)nc1COc1ccc(CCl)cc1. The molecule has 108 valence electrons. The molecule has 0 saturated heterocycles. The summed E-state index contributed by atoms with van der Waals surface area (Å²) in [6.07, 6.45) is 0. The topological polar surface area (TPSA) is 35.3 Å². The van der Waals surface area contributed by atoms with E-state index < -0.39 is 0 Å². The number of benzene rings is 1. The summed E-state index contributed by atoms with van der Waals surface area (Å²) in [5.41, 5.74) is 1.89. The van der Waals surface area contributed by atoms with E-state index in [1.54, 1.807) is 11.3 Å². The van der Waals surface area contributed by atoms with Gasteiger partial charge in [0.1, 0.15) is 23.8 Å². The highest BCUT2D eigenvalue weighted by atomic mass is 35.5. The molecule has 0 bridgehead atoms. The van der Waals surface area contributed by atoms with Crippen LogP contribution in [0.15, 0.2) is 46.2 Å². The highest BCUT2D eigenvalue weighted by Crippen LogP contribution is 2.26. The Hall–Kier alpha value is -1.78. The maximum atomic E-state index is 5.76. The van der Waals surface area contributed by atoms with E-state index in [0.717, 1.165) is 27.6 Å². The van der Waals surface area contributed by atoms with E-state index in [-0.39, 0.29) is 0 Å². The average Bonchev–Trinajstić information content (AvgIpc) is 3.15. The number of rotatable bonds is 5. The van der Waals surface area contributed by atoms with Crippen LogP contribution in [0.25, 0.3) is 10.8 Å². The molecule has 0 radical (unpaired) electrons. The van der Waals surface area contributed by atoms with E-state index in [9.17, 15) is 0 Å². The van der Waals surface area contributed by atoms with Gasteiger partial charge < -0.3 is 9.15 Å².